The molecule has 1 heterocycles. The summed E-state index contributed by atoms with van der Waals surface area (Å²) in [6.45, 7) is 1.55. The Morgan fingerprint density at radius 1 is 1.59 bits per heavy atom. The van der Waals surface area contributed by atoms with E-state index in [4.69, 9.17) is 16.3 Å². The van der Waals surface area contributed by atoms with Crippen LogP contribution in [0, 0.1) is 12.3 Å². The van der Waals surface area contributed by atoms with Crippen LogP contribution in [0.5, 0.6) is 0 Å². The lowest BCUT2D eigenvalue weighted by atomic mass is 10.1. The molecular formula is C9H8F3NO3S. The van der Waals surface area contributed by atoms with Gasteiger partial charge in [-0.25, -0.2) is 9.78 Å². The molecule has 1 unspecified atom stereocenters. The lowest BCUT2D eigenvalue weighted by Gasteiger charge is -2.10. The fourth-order valence-corrected chi connectivity index (χ4v) is 1.19. The van der Waals surface area contributed by atoms with E-state index in [0.717, 1.165) is 0 Å². The van der Waals surface area contributed by atoms with E-state index in [9.17, 15) is 18.3 Å². The molecule has 1 atom stereocenters. The summed E-state index contributed by atoms with van der Waals surface area (Å²) in [4.78, 5) is 12.8. The Labute approximate surface area is 98.7 Å². The van der Waals surface area contributed by atoms with E-state index in [1.165, 1.54) is 11.3 Å². The molecule has 0 radical (unpaired) electrons. The van der Waals surface area contributed by atoms with Gasteiger partial charge in [0.05, 0.1) is 0 Å². The van der Waals surface area contributed by atoms with Gasteiger partial charge in [-0.05, 0) is 6.92 Å². The van der Waals surface area contributed by atoms with Crippen LogP contribution in [0.4, 0.5) is 13.2 Å². The summed E-state index contributed by atoms with van der Waals surface area (Å²) < 4.78 is 31.7. The molecular weight excluding hydrogens is 259 g/mol. The van der Waals surface area contributed by atoms with Crippen LogP contribution >= 0.6 is 11.3 Å². The number of alkyl halides is 3. The maximum atomic E-state index is 10.6. The van der Waals surface area contributed by atoms with Crippen molar-refractivity contribution in [2.24, 2.45) is 0 Å². The molecule has 0 aliphatic rings. The minimum absolute atomic E-state index is 0.565. The predicted octanol–water partition coefficient (Wildman–Crippen LogP) is 1.62. The van der Waals surface area contributed by atoms with Gasteiger partial charge in [-0.15, -0.1) is 17.8 Å². The summed E-state index contributed by atoms with van der Waals surface area (Å²) in [6, 6.07) is 0. The zero-order valence-corrected chi connectivity index (χ0v) is 9.34. The maximum absolute atomic E-state index is 10.6. The van der Waals surface area contributed by atoms with E-state index in [2.05, 4.69) is 10.9 Å². The highest BCUT2D eigenvalue weighted by Gasteiger charge is 2.38. The number of carbonyl (C=O) groups is 1. The van der Waals surface area contributed by atoms with Crippen molar-refractivity contribution in [3.63, 3.8) is 0 Å². The van der Waals surface area contributed by atoms with Gasteiger partial charge in [-0.1, -0.05) is 5.92 Å². The van der Waals surface area contributed by atoms with E-state index < -0.39 is 17.7 Å². The van der Waals surface area contributed by atoms with Crippen LogP contribution in [0.25, 0.3) is 0 Å². The molecule has 1 aromatic heterocycles. The van der Waals surface area contributed by atoms with Gasteiger partial charge in [0.15, 0.2) is 5.60 Å². The summed E-state index contributed by atoms with van der Waals surface area (Å²) in [5.41, 5.74) is -1.20. The summed E-state index contributed by atoms with van der Waals surface area (Å²) in [7, 11) is 0. The number of nitrogens with zero attached hydrogens (tertiary/aromatic N) is 1. The zero-order chi connectivity index (χ0) is 13.7. The molecule has 0 saturated carbocycles. The number of aliphatic carboxylic acids is 1. The van der Waals surface area contributed by atoms with Crippen LogP contribution in [0.15, 0.2) is 11.6 Å². The molecule has 0 fully saturated rings. The molecule has 17 heavy (non-hydrogen) atoms. The molecule has 2 N–H and O–H groups in total. The fraction of sp³-hybridized carbons (Fsp3) is 0.333. The van der Waals surface area contributed by atoms with E-state index in [0.29, 0.717) is 5.01 Å². The Bertz CT molecular complexity index is 406. The van der Waals surface area contributed by atoms with Crippen LogP contribution in [-0.2, 0) is 10.4 Å². The van der Waals surface area contributed by atoms with Crippen LogP contribution in [-0.4, -0.2) is 27.3 Å². The number of hydrogen-bond acceptors (Lipinski definition) is 4. The monoisotopic (exact) mass is 267 g/mol. The minimum atomic E-state index is -5.08. The zero-order valence-electron chi connectivity index (χ0n) is 8.52. The number of terminal acetylenes is 1. The lowest BCUT2D eigenvalue weighted by Crippen LogP contribution is -2.21. The van der Waals surface area contributed by atoms with E-state index in [1.807, 2.05) is 0 Å². The molecule has 8 heteroatoms. The van der Waals surface area contributed by atoms with Crippen LogP contribution in [0.1, 0.15) is 11.9 Å². The molecule has 1 aromatic rings. The number of carboxylic acids is 1. The highest BCUT2D eigenvalue weighted by atomic mass is 32.1. The molecule has 0 saturated heterocycles. The number of hydrogen-bond donors (Lipinski definition) is 2. The molecule has 1 rings (SSSR count). The first-order chi connectivity index (χ1) is 7.61. The van der Waals surface area contributed by atoms with Crippen molar-refractivity contribution in [3.05, 3.63) is 16.6 Å². The standard InChI is InChI=1S/C7H7NOS.C2HF3O2/c1-3-7(2,9)6-8-4-5-10-6;3-2(4,5)1(6)7/h1,4-5,9H,2H3;(H,6,7). The predicted molar refractivity (Wildman–Crippen MR) is 54.2 cm³/mol. The highest BCUT2D eigenvalue weighted by Crippen LogP contribution is 2.20. The molecule has 0 aromatic carbocycles. The summed E-state index contributed by atoms with van der Waals surface area (Å²) >= 11 is 1.35. The van der Waals surface area contributed by atoms with Gasteiger partial charge in [0, 0.05) is 11.6 Å². The molecule has 0 spiro atoms. The van der Waals surface area contributed by atoms with Crippen LogP contribution < -0.4 is 0 Å². The van der Waals surface area contributed by atoms with Crippen molar-refractivity contribution in [2.45, 2.75) is 18.7 Å². The van der Waals surface area contributed by atoms with Crippen molar-refractivity contribution < 1.29 is 28.2 Å². The van der Waals surface area contributed by atoms with Gasteiger partial charge in [-0.3, -0.25) is 0 Å². The second-order valence-electron chi connectivity index (χ2n) is 2.86. The van der Waals surface area contributed by atoms with Crippen LogP contribution in [0.3, 0.4) is 0 Å². The summed E-state index contributed by atoms with van der Waals surface area (Å²) in [5, 5.41) is 18.9. The van der Waals surface area contributed by atoms with Crippen molar-refractivity contribution >= 4 is 17.3 Å². The Kier molecular flexibility index (Phi) is 5.12. The van der Waals surface area contributed by atoms with Crippen LogP contribution in [0.2, 0.25) is 0 Å². The average Bonchev–Trinajstić information content (AvgIpc) is 2.70. The number of aromatic nitrogens is 1. The van der Waals surface area contributed by atoms with Gasteiger partial charge < -0.3 is 10.2 Å². The van der Waals surface area contributed by atoms with Gasteiger partial charge >= 0.3 is 12.1 Å². The van der Waals surface area contributed by atoms with Gasteiger partial charge in [0.25, 0.3) is 0 Å². The Morgan fingerprint density at radius 2 is 2.06 bits per heavy atom. The second-order valence-corrected chi connectivity index (χ2v) is 3.75. The topological polar surface area (TPSA) is 70.4 Å². The number of halogens is 3. The third kappa shape index (κ3) is 5.33. The molecule has 94 valence electrons. The number of aliphatic hydroxyl groups is 1. The highest BCUT2D eigenvalue weighted by molar-refractivity contribution is 7.09. The normalized spacial score (nSPS) is 13.9. The molecule has 0 aliphatic carbocycles. The van der Waals surface area contributed by atoms with E-state index >= 15 is 0 Å². The minimum Gasteiger partial charge on any atom is -0.475 e. The Morgan fingerprint density at radius 3 is 2.29 bits per heavy atom. The largest absolute Gasteiger partial charge is 0.490 e. The Balaban J connectivity index is 0.000000325. The van der Waals surface area contributed by atoms with Crippen molar-refractivity contribution in [2.75, 3.05) is 0 Å². The molecule has 0 aliphatic heterocycles. The quantitative estimate of drug-likeness (QED) is 0.758. The van der Waals surface area contributed by atoms with E-state index in [1.54, 1.807) is 18.5 Å². The van der Waals surface area contributed by atoms with Crippen molar-refractivity contribution in [3.8, 4) is 12.3 Å². The summed E-state index contributed by atoms with van der Waals surface area (Å²) in [5.74, 6) is -0.510. The maximum Gasteiger partial charge on any atom is 0.490 e. The lowest BCUT2D eigenvalue weighted by molar-refractivity contribution is -0.192. The molecule has 4 nitrogen and oxygen atoms in total. The van der Waals surface area contributed by atoms with Crippen molar-refractivity contribution in [1.82, 2.24) is 4.98 Å². The number of rotatable bonds is 1. The second kappa shape index (κ2) is 5.65. The first-order valence-corrected chi connectivity index (χ1v) is 4.89. The molecule has 0 amide bonds. The first-order valence-electron chi connectivity index (χ1n) is 4.01. The fourth-order valence-electron chi connectivity index (χ4n) is 0.526. The smallest absolute Gasteiger partial charge is 0.475 e. The van der Waals surface area contributed by atoms with E-state index in [-0.39, 0.29) is 0 Å². The Hall–Kier alpha value is -1.59. The van der Waals surface area contributed by atoms with Gasteiger partial charge in [0.2, 0.25) is 0 Å². The average molecular weight is 267 g/mol. The third-order valence-electron chi connectivity index (χ3n) is 1.37. The SMILES string of the molecule is C#CC(C)(O)c1nccs1.O=C(O)C(F)(F)F. The van der Waals surface area contributed by atoms with Crippen molar-refractivity contribution in [1.29, 1.82) is 0 Å². The first kappa shape index (κ1) is 15.4. The summed E-state index contributed by atoms with van der Waals surface area (Å²) in [6.07, 6.45) is 1.60. The van der Waals surface area contributed by atoms with Gasteiger partial charge in [-0.2, -0.15) is 13.2 Å². The van der Waals surface area contributed by atoms with Gasteiger partial charge in [0.1, 0.15) is 5.01 Å². The third-order valence-corrected chi connectivity index (χ3v) is 2.36. The number of carboxylic acid groups (broad SMARTS) is 1. The number of thiazole rings is 1. The molecule has 0 bridgehead atoms.